The highest BCUT2D eigenvalue weighted by Gasteiger charge is 2.24. The van der Waals surface area contributed by atoms with Crippen LogP contribution in [0.2, 0.25) is 0 Å². The number of nitrogens with one attached hydrogen (secondary N) is 2. The molecule has 8 nitrogen and oxygen atoms in total. The lowest BCUT2D eigenvalue weighted by Gasteiger charge is -2.34. The van der Waals surface area contributed by atoms with E-state index >= 15 is 0 Å². The lowest BCUT2D eigenvalue weighted by Crippen LogP contribution is -2.44. The van der Waals surface area contributed by atoms with Crippen molar-refractivity contribution in [2.24, 2.45) is 0 Å². The van der Waals surface area contributed by atoms with Crippen molar-refractivity contribution in [3.05, 3.63) is 53.7 Å². The zero-order valence-corrected chi connectivity index (χ0v) is 22.0. The number of imidazole rings is 1. The number of anilines is 4. The Morgan fingerprint density at radius 1 is 1.14 bits per heavy atom. The van der Waals surface area contributed by atoms with Crippen LogP contribution in [0.15, 0.2) is 53.7 Å². The summed E-state index contributed by atoms with van der Waals surface area (Å²) in [6, 6.07) is 8.86. The van der Waals surface area contributed by atoms with E-state index in [0.717, 1.165) is 61.8 Å². The molecule has 0 atom stereocenters. The molecule has 37 heavy (non-hydrogen) atoms. The van der Waals surface area contributed by atoms with Gasteiger partial charge < -0.3 is 20.4 Å². The molecule has 9 heteroatoms. The summed E-state index contributed by atoms with van der Waals surface area (Å²) in [7, 11) is 2.17. The standard InChI is InChI=1S/C28H33ClN8/c1-3-4-7-21(29)14-15-30-28-33-25-20-31-27(34-26(25)37(28)24-8-5-6-9-24)32-22-10-12-23(13-11-22)36-18-16-35(2)17-19-36/h1,4,7,10-14,20,24H,5-6,8-9,15-19H2,2H3,(H,30,33)(H,31,32,34)/b7-4-,21-14+. The van der Waals surface area contributed by atoms with Gasteiger partial charge in [0.2, 0.25) is 11.9 Å². The fourth-order valence-electron chi connectivity index (χ4n) is 4.97. The van der Waals surface area contributed by atoms with E-state index in [4.69, 9.17) is 28.0 Å². The summed E-state index contributed by atoms with van der Waals surface area (Å²) in [5.74, 6) is 3.79. The van der Waals surface area contributed by atoms with E-state index in [1.54, 1.807) is 18.3 Å². The summed E-state index contributed by atoms with van der Waals surface area (Å²) in [6.45, 7) is 4.81. The van der Waals surface area contributed by atoms with Crippen LogP contribution in [0.25, 0.3) is 11.2 Å². The Balaban J connectivity index is 1.34. The topological polar surface area (TPSA) is 74.1 Å². The van der Waals surface area contributed by atoms with Gasteiger partial charge in [-0.1, -0.05) is 30.4 Å². The average Bonchev–Trinajstić information content (AvgIpc) is 3.56. The van der Waals surface area contributed by atoms with Gasteiger partial charge in [-0.25, -0.2) is 9.97 Å². The molecule has 0 amide bonds. The van der Waals surface area contributed by atoms with Gasteiger partial charge in [0.05, 0.1) is 6.20 Å². The van der Waals surface area contributed by atoms with E-state index in [1.165, 1.54) is 18.5 Å². The summed E-state index contributed by atoms with van der Waals surface area (Å²) < 4.78 is 2.23. The molecule has 0 bridgehead atoms. The number of hydrogen-bond donors (Lipinski definition) is 2. The normalized spacial score (nSPS) is 17.5. The van der Waals surface area contributed by atoms with E-state index in [-0.39, 0.29) is 0 Å². The van der Waals surface area contributed by atoms with E-state index in [1.807, 2.05) is 6.08 Å². The van der Waals surface area contributed by atoms with Gasteiger partial charge in [0.15, 0.2) is 5.65 Å². The second-order valence-corrected chi connectivity index (χ2v) is 10.0. The SMILES string of the molecule is C#C/C=C\C(Cl)=C/CNc1nc2cnc(Nc3ccc(N4CCN(C)CC4)cc3)nc2n1C1CCCC1. The molecule has 1 aliphatic heterocycles. The molecule has 2 aliphatic rings. The average molecular weight is 517 g/mol. The number of fused-ring (bicyclic) bond motifs is 1. The Hall–Kier alpha value is -3.54. The molecule has 1 aromatic carbocycles. The highest BCUT2D eigenvalue weighted by atomic mass is 35.5. The minimum atomic E-state index is 0.360. The van der Waals surface area contributed by atoms with Crippen molar-refractivity contribution >= 4 is 46.0 Å². The molecule has 2 N–H and O–H groups in total. The van der Waals surface area contributed by atoms with Crippen LogP contribution in [0.3, 0.4) is 0 Å². The summed E-state index contributed by atoms with van der Waals surface area (Å²) in [4.78, 5) is 19.0. The maximum Gasteiger partial charge on any atom is 0.229 e. The van der Waals surface area contributed by atoms with Crippen LogP contribution in [-0.4, -0.2) is 64.2 Å². The number of terminal acetylenes is 1. The largest absolute Gasteiger partial charge is 0.369 e. The molecule has 1 aliphatic carbocycles. The van der Waals surface area contributed by atoms with E-state index in [2.05, 4.69) is 67.2 Å². The van der Waals surface area contributed by atoms with Gasteiger partial charge in [-0.3, -0.25) is 4.57 Å². The van der Waals surface area contributed by atoms with Crippen LogP contribution >= 0.6 is 11.6 Å². The Labute approximate surface area is 223 Å². The number of benzene rings is 1. The molecule has 3 aromatic rings. The molecule has 2 aromatic heterocycles. The van der Waals surface area contributed by atoms with Crippen molar-refractivity contribution in [2.45, 2.75) is 31.7 Å². The monoisotopic (exact) mass is 516 g/mol. The molecule has 192 valence electrons. The maximum atomic E-state index is 6.21. The van der Waals surface area contributed by atoms with Crippen LogP contribution in [0, 0.1) is 12.3 Å². The highest BCUT2D eigenvalue weighted by Crippen LogP contribution is 2.35. The number of hydrogen-bond acceptors (Lipinski definition) is 7. The first-order valence-electron chi connectivity index (χ1n) is 12.9. The summed E-state index contributed by atoms with van der Waals surface area (Å²) >= 11 is 6.21. The van der Waals surface area contributed by atoms with Gasteiger partial charge in [0, 0.05) is 55.2 Å². The first-order chi connectivity index (χ1) is 18.1. The first kappa shape index (κ1) is 25.1. The number of rotatable bonds is 8. The molecule has 1 saturated carbocycles. The van der Waals surface area contributed by atoms with Gasteiger partial charge in [-0.05, 0) is 62.4 Å². The van der Waals surface area contributed by atoms with E-state index in [9.17, 15) is 0 Å². The second-order valence-electron chi connectivity index (χ2n) is 9.58. The van der Waals surface area contributed by atoms with Gasteiger partial charge in [-0.2, -0.15) is 4.98 Å². The minimum absolute atomic E-state index is 0.360. The number of likely N-dealkylation sites (N-methyl/N-ethyl adjacent to an activating group) is 1. The molecule has 5 rings (SSSR count). The molecule has 2 fully saturated rings. The third-order valence-electron chi connectivity index (χ3n) is 7.01. The van der Waals surface area contributed by atoms with Crippen LogP contribution in [-0.2, 0) is 0 Å². The van der Waals surface area contributed by atoms with Crippen LogP contribution in [0.1, 0.15) is 31.7 Å². The maximum absolute atomic E-state index is 6.21. The third kappa shape index (κ3) is 6.07. The summed E-state index contributed by atoms with van der Waals surface area (Å²) in [5, 5.41) is 7.36. The van der Waals surface area contributed by atoms with Gasteiger partial charge in [0.25, 0.3) is 0 Å². The van der Waals surface area contributed by atoms with Crippen LogP contribution < -0.4 is 15.5 Å². The third-order valence-corrected chi connectivity index (χ3v) is 7.29. The highest BCUT2D eigenvalue weighted by molar-refractivity contribution is 6.31. The van der Waals surface area contributed by atoms with Crippen LogP contribution in [0.4, 0.5) is 23.3 Å². The minimum Gasteiger partial charge on any atom is -0.369 e. The Bertz CT molecular complexity index is 1310. The number of allylic oxidation sites excluding steroid dienone is 3. The Morgan fingerprint density at radius 2 is 1.89 bits per heavy atom. The fraction of sp³-hybridized carbons (Fsp3) is 0.393. The van der Waals surface area contributed by atoms with Crippen molar-refractivity contribution < 1.29 is 0 Å². The van der Waals surface area contributed by atoms with Crippen molar-refractivity contribution in [3.8, 4) is 12.3 Å². The van der Waals surface area contributed by atoms with Crippen molar-refractivity contribution in [2.75, 3.05) is 55.3 Å². The number of halogens is 1. The predicted octanol–water partition coefficient (Wildman–Crippen LogP) is 5.16. The van der Waals surface area contributed by atoms with Gasteiger partial charge >= 0.3 is 0 Å². The summed E-state index contributed by atoms with van der Waals surface area (Å²) in [6.07, 6.45) is 16.8. The number of nitrogens with zero attached hydrogens (tertiary/aromatic N) is 6. The fourth-order valence-corrected chi connectivity index (χ4v) is 5.11. The molecule has 0 unspecified atom stereocenters. The Kier molecular flexibility index (Phi) is 7.93. The van der Waals surface area contributed by atoms with Crippen molar-refractivity contribution in [1.29, 1.82) is 0 Å². The second kappa shape index (κ2) is 11.7. The molecular formula is C28H33ClN8. The lowest BCUT2D eigenvalue weighted by molar-refractivity contribution is 0.313. The van der Waals surface area contributed by atoms with Gasteiger partial charge in [-0.15, -0.1) is 6.42 Å². The number of aromatic nitrogens is 4. The smallest absolute Gasteiger partial charge is 0.229 e. The quantitative estimate of drug-likeness (QED) is 0.316. The summed E-state index contributed by atoms with van der Waals surface area (Å²) in [5.41, 5.74) is 3.81. The van der Waals surface area contributed by atoms with E-state index < -0.39 is 0 Å². The van der Waals surface area contributed by atoms with Crippen LogP contribution in [0.5, 0.6) is 0 Å². The molecule has 3 heterocycles. The predicted molar refractivity (Wildman–Crippen MR) is 153 cm³/mol. The molecule has 1 saturated heterocycles. The lowest BCUT2D eigenvalue weighted by atomic mass is 10.2. The molecular weight excluding hydrogens is 484 g/mol. The zero-order chi connectivity index (χ0) is 25.6. The van der Waals surface area contributed by atoms with Crippen molar-refractivity contribution in [3.63, 3.8) is 0 Å². The number of piperazine rings is 1. The molecule has 0 radical (unpaired) electrons. The first-order valence-corrected chi connectivity index (χ1v) is 13.3. The van der Waals surface area contributed by atoms with Gasteiger partial charge in [0.1, 0.15) is 5.52 Å². The van der Waals surface area contributed by atoms with Crippen molar-refractivity contribution in [1.82, 2.24) is 24.4 Å². The zero-order valence-electron chi connectivity index (χ0n) is 21.2. The Morgan fingerprint density at radius 3 is 2.62 bits per heavy atom. The molecule has 0 spiro atoms. The van der Waals surface area contributed by atoms with E-state index in [0.29, 0.717) is 23.6 Å².